The zero-order valence-electron chi connectivity index (χ0n) is 23.5. The Morgan fingerprint density at radius 3 is 1.40 bits per heavy atom. The zero-order chi connectivity index (χ0) is 30.9. The highest BCUT2D eigenvalue weighted by molar-refractivity contribution is 6.02. The lowest BCUT2D eigenvalue weighted by atomic mass is 9.99. The molecule has 0 fully saturated rings. The Morgan fingerprint density at radius 2 is 1.02 bits per heavy atom. The third-order valence-corrected chi connectivity index (χ3v) is 6.30. The summed E-state index contributed by atoms with van der Waals surface area (Å²) in [6.07, 6.45) is 0.204. The van der Waals surface area contributed by atoms with Crippen LogP contribution in [0.1, 0.15) is 43.0 Å². The molecule has 4 aromatic rings. The molecular weight excluding hydrogens is 552 g/mol. The number of anilines is 2. The van der Waals surface area contributed by atoms with Crippen molar-refractivity contribution >= 4 is 35.1 Å². The number of aromatic carboxylic acids is 2. The van der Waals surface area contributed by atoms with Gasteiger partial charge in [0, 0.05) is 0 Å². The van der Waals surface area contributed by atoms with Gasteiger partial charge in [0.05, 0.1) is 22.5 Å². The summed E-state index contributed by atoms with van der Waals surface area (Å²) in [5, 5.41) is 24.7. The van der Waals surface area contributed by atoms with Gasteiger partial charge in [0.1, 0.15) is 11.5 Å². The van der Waals surface area contributed by atoms with Crippen molar-refractivity contribution in [3.8, 4) is 11.5 Å². The number of rotatable bonds is 12. The maximum absolute atomic E-state index is 12.4. The summed E-state index contributed by atoms with van der Waals surface area (Å²) < 4.78 is 11.0. The van der Waals surface area contributed by atoms with Crippen LogP contribution >= 0.6 is 0 Å². The summed E-state index contributed by atoms with van der Waals surface area (Å²) >= 11 is 0. The van der Waals surface area contributed by atoms with Gasteiger partial charge in [-0.2, -0.15) is 0 Å². The second kappa shape index (κ2) is 13.8. The maximum Gasteiger partial charge on any atom is 0.337 e. The molecule has 0 saturated carbocycles. The second-order valence-electron chi connectivity index (χ2n) is 9.85. The summed E-state index contributed by atoms with van der Waals surface area (Å²) in [5.74, 6) is -2.49. The summed E-state index contributed by atoms with van der Waals surface area (Å²) in [4.78, 5) is 48.8. The fraction of sp³-hybridized carbons (Fsp3) is 0.152. The van der Waals surface area contributed by atoms with E-state index >= 15 is 0 Å². The van der Waals surface area contributed by atoms with Crippen LogP contribution in [0.2, 0.25) is 0 Å². The van der Waals surface area contributed by atoms with E-state index < -0.39 is 23.8 Å². The van der Waals surface area contributed by atoms with Crippen LogP contribution in [-0.2, 0) is 16.0 Å². The van der Waals surface area contributed by atoms with Gasteiger partial charge in [-0.15, -0.1) is 0 Å². The van der Waals surface area contributed by atoms with E-state index in [0.717, 1.165) is 11.1 Å². The highest BCUT2D eigenvalue weighted by Crippen LogP contribution is 2.24. The average Bonchev–Trinajstić information content (AvgIpc) is 2.96. The Hall–Kier alpha value is -5.64. The molecule has 0 bridgehead atoms. The van der Waals surface area contributed by atoms with Crippen molar-refractivity contribution in [2.45, 2.75) is 20.3 Å². The van der Waals surface area contributed by atoms with Gasteiger partial charge < -0.3 is 30.3 Å². The molecule has 4 aromatic carbocycles. The maximum atomic E-state index is 12.4. The predicted octanol–water partition coefficient (Wildman–Crippen LogP) is 5.33. The smallest absolute Gasteiger partial charge is 0.337 e. The molecule has 0 spiro atoms. The lowest BCUT2D eigenvalue weighted by molar-refractivity contribution is -0.118. The number of nitrogens with one attached hydrogen (secondary N) is 2. The molecule has 220 valence electrons. The van der Waals surface area contributed by atoms with E-state index in [-0.39, 0.29) is 42.1 Å². The first-order valence-corrected chi connectivity index (χ1v) is 13.3. The summed E-state index contributed by atoms with van der Waals surface area (Å²) in [7, 11) is 0. The number of carboxylic acid groups (broad SMARTS) is 2. The lowest BCUT2D eigenvalue weighted by Crippen LogP contribution is -2.22. The molecule has 10 heteroatoms. The molecule has 43 heavy (non-hydrogen) atoms. The van der Waals surface area contributed by atoms with Crippen LogP contribution in [0.5, 0.6) is 11.5 Å². The van der Waals surface area contributed by atoms with E-state index in [9.17, 15) is 29.4 Å². The molecule has 0 aliphatic rings. The monoisotopic (exact) mass is 582 g/mol. The minimum Gasteiger partial charge on any atom is -0.484 e. The van der Waals surface area contributed by atoms with Crippen LogP contribution in [0.25, 0.3) is 0 Å². The predicted molar refractivity (Wildman–Crippen MR) is 160 cm³/mol. The normalized spacial score (nSPS) is 10.5. The standard InChI is InChI=1S/C33H30N2O8/c1-20-5-3-7-24(13-20)42-18-30(36)34-28-11-9-22(16-26(28)32(38)39)15-23-10-12-29(27(17-23)33(40)41)35-31(37)19-43-25-8-4-6-21(2)14-25/h3-14,16-17H,15,18-19H2,1-2H3,(H,34,36)(H,35,37)(H,38,39)(H,40,41). The van der Waals surface area contributed by atoms with Gasteiger partial charge in [-0.3, -0.25) is 9.59 Å². The van der Waals surface area contributed by atoms with Crippen LogP contribution < -0.4 is 20.1 Å². The van der Waals surface area contributed by atoms with Crippen molar-refractivity contribution in [2.24, 2.45) is 0 Å². The van der Waals surface area contributed by atoms with Crippen LogP contribution in [0, 0.1) is 13.8 Å². The van der Waals surface area contributed by atoms with E-state index in [1.165, 1.54) is 24.3 Å². The van der Waals surface area contributed by atoms with E-state index in [2.05, 4.69) is 10.6 Å². The fourth-order valence-corrected chi connectivity index (χ4v) is 4.29. The van der Waals surface area contributed by atoms with Crippen molar-refractivity contribution in [3.63, 3.8) is 0 Å². The van der Waals surface area contributed by atoms with E-state index in [0.29, 0.717) is 22.6 Å². The van der Waals surface area contributed by atoms with Crippen LogP contribution in [0.15, 0.2) is 84.9 Å². The zero-order valence-corrected chi connectivity index (χ0v) is 23.5. The van der Waals surface area contributed by atoms with Gasteiger partial charge in [0.25, 0.3) is 11.8 Å². The van der Waals surface area contributed by atoms with Crippen molar-refractivity contribution in [3.05, 3.63) is 118 Å². The number of benzene rings is 4. The number of amides is 2. The molecule has 2 amide bonds. The lowest BCUT2D eigenvalue weighted by Gasteiger charge is -2.13. The molecule has 0 atom stereocenters. The number of ether oxygens (including phenoxy) is 2. The summed E-state index contributed by atoms with van der Waals surface area (Å²) in [6, 6.07) is 23.5. The molecule has 4 rings (SSSR count). The van der Waals surface area contributed by atoms with Crippen molar-refractivity contribution in [2.75, 3.05) is 23.8 Å². The molecular formula is C33H30N2O8. The van der Waals surface area contributed by atoms with Gasteiger partial charge in [-0.05, 0) is 91.1 Å². The van der Waals surface area contributed by atoms with Crippen molar-refractivity contribution in [1.29, 1.82) is 0 Å². The molecule has 0 unspecified atom stereocenters. The number of carbonyl (C=O) groups is 4. The first kappa shape index (κ1) is 30.3. The largest absolute Gasteiger partial charge is 0.484 e. The SMILES string of the molecule is Cc1cccc(OCC(=O)Nc2ccc(Cc3ccc(NC(=O)COc4cccc(C)c4)c(C(=O)O)c3)cc2C(=O)O)c1. The first-order valence-electron chi connectivity index (χ1n) is 13.3. The Balaban J connectivity index is 1.42. The Kier molecular flexibility index (Phi) is 9.74. The second-order valence-corrected chi connectivity index (χ2v) is 9.85. The number of aryl methyl sites for hydroxylation is 2. The van der Waals surface area contributed by atoms with Gasteiger partial charge in [0.15, 0.2) is 13.2 Å². The number of carboxylic acids is 2. The van der Waals surface area contributed by atoms with Crippen molar-refractivity contribution in [1.82, 2.24) is 0 Å². The highest BCUT2D eigenvalue weighted by atomic mass is 16.5. The summed E-state index contributed by atoms with van der Waals surface area (Å²) in [5.41, 5.74) is 3.05. The Morgan fingerprint density at radius 1 is 0.605 bits per heavy atom. The van der Waals surface area contributed by atoms with Gasteiger partial charge in [-0.1, -0.05) is 36.4 Å². The van der Waals surface area contributed by atoms with Gasteiger partial charge >= 0.3 is 11.9 Å². The Bertz CT molecular complexity index is 1560. The molecule has 0 radical (unpaired) electrons. The summed E-state index contributed by atoms with van der Waals surface area (Å²) in [6.45, 7) is 3.19. The molecule has 0 heterocycles. The molecule has 0 aliphatic carbocycles. The van der Waals surface area contributed by atoms with E-state index in [1.807, 2.05) is 26.0 Å². The quantitative estimate of drug-likeness (QED) is 0.175. The number of hydrogen-bond donors (Lipinski definition) is 4. The first-order chi connectivity index (χ1) is 20.6. The fourth-order valence-electron chi connectivity index (χ4n) is 4.29. The van der Waals surface area contributed by atoms with E-state index in [4.69, 9.17) is 9.47 Å². The van der Waals surface area contributed by atoms with Crippen LogP contribution in [-0.4, -0.2) is 47.2 Å². The number of hydrogen-bond acceptors (Lipinski definition) is 6. The van der Waals surface area contributed by atoms with Crippen LogP contribution in [0.4, 0.5) is 11.4 Å². The van der Waals surface area contributed by atoms with Crippen LogP contribution in [0.3, 0.4) is 0 Å². The van der Waals surface area contributed by atoms with Gasteiger partial charge in [0.2, 0.25) is 0 Å². The average molecular weight is 583 g/mol. The van der Waals surface area contributed by atoms with E-state index in [1.54, 1.807) is 48.5 Å². The minimum atomic E-state index is -1.24. The van der Waals surface area contributed by atoms with Crippen molar-refractivity contribution < 1.29 is 38.9 Å². The molecule has 10 nitrogen and oxygen atoms in total. The highest BCUT2D eigenvalue weighted by Gasteiger charge is 2.17. The topological polar surface area (TPSA) is 151 Å². The molecule has 0 aromatic heterocycles. The Labute approximate surface area is 247 Å². The minimum absolute atomic E-state index is 0.103. The molecule has 0 saturated heterocycles. The van der Waals surface area contributed by atoms with Gasteiger partial charge in [-0.25, -0.2) is 9.59 Å². The molecule has 0 aliphatic heterocycles. The molecule has 4 N–H and O–H groups in total. The number of carbonyl (C=O) groups excluding carboxylic acids is 2. The third-order valence-electron chi connectivity index (χ3n) is 6.30. The third kappa shape index (κ3) is 8.67.